The van der Waals surface area contributed by atoms with E-state index >= 15 is 0 Å². The fraction of sp³-hybridized carbons (Fsp3) is 0. The van der Waals surface area contributed by atoms with Crippen molar-refractivity contribution >= 4 is 70.2 Å². The van der Waals surface area contributed by atoms with Crippen molar-refractivity contribution in [2.75, 3.05) is 0 Å². The fourth-order valence-corrected chi connectivity index (χ4v) is 6.46. The number of furan rings is 1. The molecule has 0 aliphatic carbocycles. The van der Waals surface area contributed by atoms with Crippen LogP contribution < -0.4 is 0 Å². The molecule has 0 unspecified atom stereocenters. The average Bonchev–Trinajstić information content (AvgIpc) is 3.35. The van der Waals surface area contributed by atoms with Crippen LogP contribution in [0.15, 0.2) is 136 Å². The second-order valence-corrected chi connectivity index (χ2v) is 10.7. The molecule has 8 aromatic rings. The highest BCUT2D eigenvalue weighted by atomic mass is 79.9. The second kappa shape index (κ2) is 8.31. The summed E-state index contributed by atoms with van der Waals surface area (Å²) in [5, 5.41) is 9.78. The smallest absolute Gasteiger partial charge is 0.136 e. The molecule has 1 heterocycles. The maximum atomic E-state index is 6.28. The van der Waals surface area contributed by atoms with Gasteiger partial charge in [0.1, 0.15) is 11.2 Å². The van der Waals surface area contributed by atoms with Gasteiger partial charge in [0.25, 0.3) is 0 Å². The molecule has 178 valence electrons. The van der Waals surface area contributed by atoms with Crippen molar-refractivity contribution in [2.45, 2.75) is 0 Å². The molecule has 1 aromatic heterocycles. The van der Waals surface area contributed by atoms with Crippen molar-refractivity contribution in [3.8, 4) is 22.3 Å². The SMILES string of the molecule is Brc1ccc2cc(-c3c4ccccc4c(-c4cccc5oc6ccccc6c45)c4ccccc34)ccc2c1. The molecule has 0 aliphatic heterocycles. The molecule has 0 fully saturated rings. The number of benzene rings is 7. The Labute approximate surface area is 228 Å². The van der Waals surface area contributed by atoms with Crippen molar-refractivity contribution in [2.24, 2.45) is 0 Å². The summed E-state index contributed by atoms with van der Waals surface area (Å²) in [7, 11) is 0. The van der Waals surface area contributed by atoms with Crippen LogP contribution in [0, 0.1) is 0 Å². The van der Waals surface area contributed by atoms with Gasteiger partial charge in [-0.1, -0.05) is 113 Å². The minimum Gasteiger partial charge on any atom is -0.456 e. The highest BCUT2D eigenvalue weighted by molar-refractivity contribution is 9.10. The van der Waals surface area contributed by atoms with Gasteiger partial charge in [-0.2, -0.15) is 0 Å². The monoisotopic (exact) mass is 548 g/mol. The number of hydrogen-bond donors (Lipinski definition) is 0. The van der Waals surface area contributed by atoms with Crippen LogP contribution in [-0.4, -0.2) is 0 Å². The molecule has 7 aromatic carbocycles. The molecule has 0 aliphatic rings. The van der Waals surface area contributed by atoms with E-state index in [1.54, 1.807) is 0 Å². The normalized spacial score (nSPS) is 11.8. The maximum Gasteiger partial charge on any atom is 0.136 e. The summed E-state index contributed by atoms with van der Waals surface area (Å²) in [6.45, 7) is 0. The molecule has 0 N–H and O–H groups in total. The first-order chi connectivity index (χ1) is 18.8. The van der Waals surface area contributed by atoms with E-state index in [4.69, 9.17) is 4.42 Å². The Morgan fingerprint density at radius 1 is 0.447 bits per heavy atom. The molecule has 8 rings (SSSR count). The van der Waals surface area contributed by atoms with E-state index < -0.39 is 0 Å². The van der Waals surface area contributed by atoms with Crippen molar-refractivity contribution in [1.82, 2.24) is 0 Å². The second-order valence-electron chi connectivity index (χ2n) is 9.82. The molecule has 0 radical (unpaired) electrons. The molecule has 1 nitrogen and oxygen atoms in total. The fourth-order valence-electron chi connectivity index (χ4n) is 6.08. The Kier molecular flexibility index (Phi) is 4.74. The molecule has 0 amide bonds. The summed E-state index contributed by atoms with van der Waals surface area (Å²) in [5.74, 6) is 0. The summed E-state index contributed by atoms with van der Waals surface area (Å²) in [5.41, 5.74) is 6.79. The molecule has 0 atom stereocenters. The highest BCUT2D eigenvalue weighted by Crippen LogP contribution is 2.47. The predicted molar refractivity (Wildman–Crippen MR) is 165 cm³/mol. The van der Waals surface area contributed by atoms with Crippen LogP contribution in [0.4, 0.5) is 0 Å². The first kappa shape index (κ1) is 21.7. The number of rotatable bonds is 2. The van der Waals surface area contributed by atoms with Gasteiger partial charge >= 0.3 is 0 Å². The van der Waals surface area contributed by atoms with Crippen LogP contribution in [-0.2, 0) is 0 Å². The number of para-hydroxylation sites is 1. The predicted octanol–water partition coefficient (Wildman–Crippen LogP) is 11.1. The van der Waals surface area contributed by atoms with Crippen LogP contribution in [0.25, 0.3) is 76.5 Å². The topological polar surface area (TPSA) is 13.1 Å². The van der Waals surface area contributed by atoms with E-state index in [2.05, 4.69) is 137 Å². The number of halogens is 1. The maximum absolute atomic E-state index is 6.28. The van der Waals surface area contributed by atoms with Gasteiger partial charge in [-0.15, -0.1) is 0 Å². The molecular weight excluding hydrogens is 528 g/mol. The summed E-state index contributed by atoms with van der Waals surface area (Å²) >= 11 is 3.61. The lowest BCUT2D eigenvalue weighted by Crippen LogP contribution is -1.91. The quantitative estimate of drug-likeness (QED) is 0.196. The first-order valence-corrected chi connectivity index (χ1v) is 13.6. The standard InChI is InChI=1S/C36H21BrO/c37-25-19-18-22-20-24(17-16-23(22)21-25)34-26-8-1-3-10-28(26)35(29-11-4-2-9-27(29)34)31-13-7-15-33-36(31)30-12-5-6-14-32(30)38-33/h1-21H. The van der Waals surface area contributed by atoms with Crippen molar-refractivity contribution < 1.29 is 4.42 Å². The lowest BCUT2D eigenvalue weighted by Gasteiger charge is -2.18. The van der Waals surface area contributed by atoms with Gasteiger partial charge in [0.15, 0.2) is 0 Å². The van der Waals surface area contributed by atoms with E-state index in [9.17, 15) is 0 Å². The number of fused-ring (bicyclic) bond motifs is 6. The van der Waals surface area contributed by atoms with Crippen LogP contribution in [0.5, 0.6) is 0 Å². The van der Waals surface area contributed by atoms with E-state index in [0.29, 0.717) is 0 Å². The average molecular weight is 549 g/mol. The van der Waals surface area contributed by atoms with Crippen LogP contribution in [0.3, 0.4) is 0 Å². The zero-order valence-corrected chi connectivity index (χ0v) is 22.0. The Hall–Kier alpha value is -4.40. The molecular formula is C36H21BrO. The summed E-state index contributed by atoms with van der Waals surface area (Å²) in [6, 6.07) is 45.7. The van der Waals surface area contributed by atoms with Gasteiger partial charge in [0.05, 0.1) is 0 Å². The zero-order valence-electron chi connectivity index (χ0n) is 20.4. The first-order valence-electron chi connectivity index (χ1n) is 12.8. The zero-order chi connectivity index (χ0) is 25.2. The Bertz CT molecular complexity index is 2150. The van der Waals surface area contributed by atoms with Crippen LogP contribution in [0.1, 0.15) is 0 Å². The van der Waals surface area contributed by atoms with Crippen molar-refractivity contribution in [3.63, 3.8) is 0 Å². The lowest BCUT2D eigenvalue weighted by atomic mass is 9.84. The molecule has 0 spiro atoms. The lowest BCUT2D eigenvalue weighted by molar-refractivity contribution is 0.669. The third kappa shape index (κ3) is 3.17. The Morgan fingerprint density at radius 3 is 1.76 bits per heavy atom. The van der Waals surface area contributed by atoms with Gasteiger partial charge in [-0.25, -0.2) is 0 Å². The third-order valence-electron chi connectivity index (χ3n) is 7.69. The van der Waals surface area contributed by atoms with Gasteiger partial charge in [-0.3, -0.25) is 0 Å². The summed E-state index contributed by atoms with van der Waals surface area (Å²) in [4.78, 5) is 0. The van der Waals surface area contributed by atoms with Crippen LogP contribution >= 0.6 is 15.9 Å². The van der Waals surface area contributed by atoms with E-state index in [1.807, 2.05) is 6.07 Å². The van der Waals surface area contributed by atoms with Gasteiger partial charge in [0.2, 0.25) is 0 Å². The molecule has 0 saturated heterocycles. The van der Waals surface area contributed by atoms with Gasteiger partial charge < -0.3 is 4.42 Å². The summed E-state index contributed by atoms with van der Waals surface area (Å²) < 4.78 is 7.37. The molecule has 2 heteroatoms. The molecule has 38 heavy (non-hydrogen) atoms. The van der Waals surface area contributed by atoms with E-state index in [1.165, 1.54) is 60.0 Å². The van der Waals surface area contributed by atoms with Crippen LogP contribution in [0.2, 0.25) is 0 Å². The molecule has 0 saturated carbocycles. The third-order valence-corrected chi connectivity index (χ3v) is 8.19. The van der Waals surface area contributed by atoms with Crippen molar-refractivity contribution in [3.05, 3.63) is 132 Å². The molecule has 0 bridgehead atoms. The van der Waals surface area contributed by atoms with Gasteiger partial charge in [0, 0.05) is 15.2 Å². The highest BCUT2D eigenvalue weighted by Gasteiger charge is 2.20. The Morgan fingerprint density at radius 2 is 1.03 bits per heavy atom. The Balaban J connectivity index is 1.53. The van der Waals surface area contributed by atoms with E-state index in [0.717, 1.165) is 21.0 Å². The van der Waals surface area contributed by atoms with Crippen molar-refractivity contribution in [1.29, 1.82) is 0 Å². The van der Waals surface area contributed by atoms with Gasteiger partial charge in [-0.05, 0) is 84.9 Å². The number of hydrogen-bond acceptors (Lipinski definition) is 1. The summed E-state index contributed by atoms with van der Waals surface area (Å²) in [6.07, 6.45) is 0. The van der Waals surface area contributed by atoms with E-state index in [-0.39, 0.29) is 0 Å². The minimum absolute atomic E-state index is 0.918. The minimum atomic E-state index is 0.918. The largest absolute Gasteiger partial charge is 0.456 e.